The van der Waals surface area contributed by atoms with Gasteiger partial charge in [-0.05, 0) is 29.9 Å². The van der Waals surface area contributed by atoms with Crippen molar-refractivity contribution in [1.29, 1.82) is 0 Å². The Bertz CT molecular complexity index is 623. The third-order valence-corrected chi connectivity index (χ3v) is 7.64. The van der Waals surface area contributed by atoms with Gasteiger partial charge in [-0.3, -0.25) is 0 Å². The van der Waals surface area contributed by atoms with Crippen LogP contribution in [-0.4, -0.2) is 5.87 Å². The minimum Gasteiger partial charge on any atom is -0.138 e. The van der Waals surface area contributed by atoms with Crippen LogP contribution in [0, 0.1) is 0 Å². The first kappa shape index (κ1) is 10.8. The standard InChI is InChI=1S/C13H14S3/c1-7(2)9-6-10-12(15-9)13-11(14-10)5-8(3)16(13)4/h5-7H,4H2,1-3H3. The van der Waals surface area contributed by atoms with Gasteiger partial charge in [0.15, 0.2) is 0 Å². The molecule has 1 atom stereocenters. The fraction of sp³-hybridized carbons (Fsp3) is 0.308. The first-order valence-corrected chi connectivity index (χ1v) is 8.39. The molecule has 16 heavy (non-hydrogen) atoms. The summed E-state index contributed by atoms with van der Waals surface area (Å²) < 4.78 is 2.96. The molecule has 1 unspecified atom stereocenters. The summed E-state index contributed by atoms with van der Waals surface area (Å²) in [4.78, 5) is 5.90. The van der Waals surface area contributed by atoms with E-state index in [9.17, 15) is 0 Å². The Kier molecular flexibility index (Phi) is 2.39. The van der Waals surface area contributed by atoms with E-state index in [-0.39, 0.29) is 10.5 Å². The Balaban J connectivity index is 2.26. The van der Waals surface area contributed by atoms with E-state index in [1.165, 1.54) is 29.0 Å². The van der Waals surface area contributed by atoms with Crippen LogP contribution in [0.25, 0.3) is 15.5 Å². The van der Waals surface area contributed by atoms with Gasteiger partial charge in [0.1, 0.15) is 0 Å². The van der Waals surface area contributed by atoms with Gasteiger partial charge in [-0.1, -0.05) is 19.7 Å². The van der Waals surface area contributed by atoms with Crippen molar-refractivity contribution in [2.45, 2.75) is 31.6 Å². The van der Waals surface area contributed by atoms with Crippen LogP contribution in [0.5, 0.6) is 0 Å². The van der Waals surface area contributed by atoms with Crippen LogP contribution in [0.3, 0.4) is 0 Å². The molecule has 0 nitrogen and oxygen atoms in total. The molecular formula is C13H14S3. The van der Waals surface area contributed by atoms with Crippen molar-refractivity contribution in [3.63, 3.8) is 0 Å². The minimum atomic E-state index is 0.0961. The van der Waals surface area contributed by atoms with Crippen molar-refractivity contribution in [3.8, 4) is 0 Å². The molecule has 3 heteroatoms. The molecule has 0 aliphatic carbocycles. The van der Waals surface area contributed by atoms with Gasteiger partial charge in [-0.2, -0.15) is 0 Å². The van der Waals surface area contributed by atoms with Crippen LogP contribution in [0.15, 0.2) is 15.9 Å². The molecule has 0 saturated heterocycles. The maximum Gasteiger partial charge on any atom is 0.0594 e. The zero-order valence-corrected chi connectivity index (χ0v) is 12.1. The van der Waals surface area contributed by atoms with Crippen LogP contribution in [0.4, 0.5) is 0 Å². The number of fused-ring (bicyclic) bond motifs is 3. The zero-order valence-electron chi connectivity index (χ0n) is 9.66. The summed E-state index contributed by atoms with van der Waals surface area (Å²) in [6.07, 6.45) is 2.32. The van der Waals surface area contributed by atoms with Crippen molar-refractivity contribution < 1.29 is 0 Å². The molecule has 2 aromatic rings. The van der Waals surface area contributed by atoms with Crippen LogP contribution < -0.4 is 0 Å². The van der Waals surface area contributed by atoms with Gasteiger partial charge in [0.25, 0.3) is 0 Å². The molecule has 1 aliphatic rings. The normalized spacial score (nSPS) is 19.5. The van der Waals surface area contributed by atoms with Crippen LogP contribution in [0.1, 0.15) is 36.4 Å². The van der Waals surface area contributed by atoms with Gasteiger partial charge in [-0.15, -0.1) is 33.2 Å². The molecule has 2 aromatic heterocycles. The van der Waals surface area contributed by atoms with Crippen molar-refractivity contribution in [3.05, 3.63) is 20.7 Å². The number of thiophene rings is 2. The maximum atomic E-state index is 4.31. The summed E-state index contributed by atoms with van der Waals surface area (Å²) in [5.74, 6) is 4.95. The van der Waals surface area contributed by atoms with Crippen molar-refractivity contribution in [2.24, 2.45) is 0 Å². The molecular weight excluding hydrogens is 252 g/mol. The molecule has 3 rings (SSSR count). The molecule has 0 aromatic carbocycles. The zero-order chi connectivity index (χ0) is 11.4. The minimum absolute atomic E-state index is 0.0961. The van der Waals surface area contributed by atoms with Crippen molar-refractivity contribution >= 4 is 54.5 Å². The third kappa shape index (κ3) is 1.38. The highest BCUT2D eigenvalue weighted by atomic mass is 32.2. The fourth-order valence-electron chi connectivity index (χ4n) is 1.93. The van der Waals surface area contributed by atoms with E-state index in [1.807, 2.05) is 22.7 Å². The Morgan fingerprint density at radius 1 is 1.31 bits per heavy atom. The van der Waals surface area contributed by atoms with Gasteiger partial charge in [0.2, 0.25) is 0 Å². The molecule has 0 bridgehead atoms. The maximum absolute atomic E-state index is 4.31. The summed E-state index contributed by atoms with van der Waals surface area (Å²) in [7, 11) is 0.0961. The Morgan fingerprint density at radius 2 is 2.06 bits per heavy atom. The van der Waals surface area contributed by atoms with E-state index >= 15 is 0 Å². The van der Waals surface area contributed by atoms with Crippen molar-refractivity contribution in [1.82, 2.24) is 0 Å². The monoisotopic (exact) mass is 266 g/mol. The highest BCUT2D eigenvalue weighted by molar-refractivity contribution is 8.18. The number of rotatable bonds is 1. The number of allylic oxidation sites excluding steroid dienone is 1. The second-order valence-electron chi connectivity index (χ2n) is 4.44. The summed E-state index contributed by atoms with van der Waals surface area (Å²) in [6.45, 7) is 6.73. The first-order valence-electron chi connectivity index (χ1n) is 5.36. The largest absolute Gasteiger partial charge is 0.138 e. The second-order valence-corrected chi connectivity index (χ2v) is 8.44. The Hall–Kier alpha value is -0.380. The van der Waals surface area contributed by atoms with E-state index in [0.29, 0.717) is 5.92 Å². The Morgan fingerprint density at radius 3 is 2.75 bits per heavy atom. The highest BCUT2D eigenvalue weighted by Crippen LogP contribution is 2.53. The lowest BCUT2D eigenvalue weighted by molar-refractivity contribution is 0.891. The van der Waals surface area contributed by atoms with E-state index in [2.05, 4.69) is 38.8 Å². The molecule has 1 aliphatic heterocycles. The van der Waals surface area contributed by atoms with Gasteiger partial charge in [0, 0.05) is 19.3 Å². The summed E-state index contributed by atoms with van der Waals surface area (Å²) in [5.41, 5.74) is 0. The van der Waals surface area contributed by atoms with Crippen LogP contribution in [0.2, 0.25) is 0 Å². The first-order chi connectivity index (χ1) is 7.58. The number of hydrogen-bond acceptors (Lipinski definition) is 2. The lowest BCUT2D eigenvalue weighted by Gasteiger charge is -2.00. The van der Waals surface area contributed by atoms with Crippen LogP contribution >= 0.6 is 33.2 Å². The number of hydrogen-bond donors (Lipinski definition) is 0. The average molecular weight is 266 g/mol. The quantitative estimate of drug-likeness (QED) is 0.596. The SMILES string of the molecule is C=S1C(C)=Cc2sc3cc(C(C)C)sc3c21. The topological polar surface area (TPSA) is 0 Å². The van der Waals surface area contributed by atoms with E-state index < -0.39 is 0 Å². The Labute approximate surface area is 107 Å². The van der Waals surface area contributed by atoms with Gasteiger partial charge in [-0.25, -0.2) is 0 Å². The molecule has 0 fully saturated rings. The average Bonchev–Trinajstić information content (AvgIpc) is 2.79. The fourth-order valence-corrected chi connectivity index (χ4v) is 6.59. The summed E-state index contributed by atoms with van der Waals surface area (Å²) in [5, 5.41) is 0. The van der Waals surface area contributed by atoms with Gasteiger partial charge < -0.3 is 0 Å². The van der Waals surface area contributed by atoms with Crippen molar-refractivity contribution in [2.75, 3.05) is 0 Å². The lowest BCUT2D eigenvalue weighted by atomic mass is 10.2. The predicted octanol–water partition coefficient (Wildman–Crippen LogP) is 5.52. The lowest BCUT2D eigenvalue weighted by Crippen LogP contribution is -1.77. The van der Waals surface area contributed by atoms with Gasteiger partial charge in [0.05, 0.1) is 4.70 Å². The molecule has 0 spiro atoms. The molecule has 3 heterocycles. The van der Waals surface area contributed by atoms with E-state index in [1.54, 1.807) is 0 Å². The van der Waals surface area contributed by atoms with E-state index in [0.717, 1.165) is 0 Å². The molecule has 0 radical (unpaired) electrons. The molecule has 0 N–H and O–H groups in total. The summed E-state index contributed by atoms with van der Waals surface area (Å²) >= 11 is 3.90. The molecule has 84 valence electrons. The highest BCUT2D eigenvalue weighted by Gasteiger charge is 2.21. The van der Waals surface area contributed by atoms with E-state index in [4.69, 9.17) is 0 Å². The second kappa shape index (κ2) is 3.56. The third-order valence-electron chi connectivity index (χ3n) is 2.91. The molecule has 0 saturated carbocycles. The smallest absolute Gasteiger partial charge is 0.0594 e. The van der Waals surface area contributed by atoms with Crippen LogP contribution in [-0.2, 0) is 0 Å². The molecule has 0 amide bonds. The predicted molar refractivity (Wildman–Crippen MR) is 80.4 cm³/mol. The van der Waals surface area contributed by atoms with Gasteiger partial charge >= 0.3 is 0 Å². The summed E-state index contributed by atoms with van der Waals surface area (Å²) in [6, 6.07) is 2.37.